The standard InChI is InChI=1S/C9H12F2N4O3/c10-9(11)15-2-1-13-7(15)4-14(3-6(12)16)5-8(17)18/h1-2,9H,3-5H2,(H2,12,16)(H,17,18). The number of nitrogens with two attached hydrogens (primary N) is 1. The highest BCUT2D eigenvalue weighted by Gasteiger charge is 2.18. The molecule has 1 aromatic heterocycles. The normalized spacial score (nSPS) is 11.1. The lowest BCUT2D eigenvalue weighted by Gasteiger charge is -2.18. The number of alkyl halides is 2. The van der Waals surface area contributed by atoms with Crippen LogP contribution in [0.2, 0.25) is 0 Å². The number of aromatic nitrogens is 2. The van der Waals surface area contributed by atoms with E-state index in [-0.39, 0.29) is 18.9 Å². The molecule has 1 aromatic rings. The van der Waals surface area contributed by atoms with Crippen LogP contribution in [0.5, 0.6) is 0 Å². The van der Waals surface area contributed by atoms with E-state index in [4.69, 9.17) is 10.8 Å². The summed E-state index contributed by atoms with van der Waals surface area (Å²) in [7, 11) is 0. The third kappa shape index (κ3) is 4.09. The van der Waals surface area contributed by atoms with Crippen molar-refractivity contribution in [2.24, 2.45) is 5.73 Å². The van der Waals surface area contributed by atoms with Gasteiger partial charge in [0.25, 0.3) is 0 Å². The van der Waals surface area contributed by atoms with Crippen molar-refractivity contribution >= 4 is 11.9 Å². The minimum Gasteiger partial charge on any atom is -0.480 e. The largest absolute Gasteiger partial charge is 0.480 e. The first-order valence-corrected chi connectivity index (χ1v) is 4.92. The van der Waals surface area contributed by atoms with Crippen molar-refractivity contribution in [3.05, 3.63) is 18.2 Å². The van der Waals surface area contributed by atoms with E-state index in [2.05, 4.69) is 4.98 Å². The Kier molecular flexibility index (Phi) is 4.72. The van der Waals surface area contributed by atoms with Crippen molar-refractivity contribution in [1.82, 2.24) is 14.5 Å². The Morgan fingerprint density at radius 1 is 1.50 bits per heavy atom. The smallest absolute Gasteiger partial charge is 0.319 e. The van der Waals surface area contributed by atoms with Gasteiger partial charge in [-0.3, -0.25) is 19.1 Å². The van der Waals surface area contributed by atoms with Crippen LogP contribution in [0.4, 0.5) is 8.78 Å². The Morgan fingerprint density at radius 3 is 2.67 bits per heavy atom. The molecule has 0 saturated heterocycles. The molecule has 18 heavy (non-hydrogen) atoms. The summed E-state index contributed by atoms with van der Waals surface area (Å²) in [5, 5.41) is 8.63. The number of aliphatic carboxylic acids is 1. The van der Waals surface area contributed by atoms with Crippen LogP contribution >= 0.6 is 0 Å². The summed E-state index contributed by atoms with van der Waals surface area (Å²) < 4.78 is 25.7. The van der Waals surface area contributed by atoms with Crippen LogP contribution in [0.1, 0.15) is 12.4 Å². The molecule has 0 fully saturated rings. The van der Waals surface area contributed by atoms with E-state index >= 15 is 0 Å². The maximum absolute atomic E-state index is 12.5. The zero-order valence-electron chi connectivity index (χ0n) is 9.29. The molecule has 7 nitrogen and oxygen atoms in total. The highest BCUT2D eigenvalue weighted by atomic mass is 19.3. The van der Waals surface area contributed by atoms with Crippen LogP contribution in [0.3, 0.4) is 0 Å². The molecule has 1 amide bonds. The number of primary amides is 1. The summed E-state index contributed by atoms with van der Waals surface area (Å²) in [5.41, 5.74) is 4.95. The molecule has 0 unspecified atom stereocenters. The van der Waals surface area contributed by atoms with Gasteiger partial charge in [-0.05, 0) is 0 Å². The van der Waals surface area contributed by atoms with E-state index in [1.807, 2.05) is 0 Å². The van der Waals surface area contributed by atoms with Crippen molar-refractivity contribution < 1.29 is 23.5 Å². The lowest BCUT2D eigenvalue weighted by atomic mass is 10.4. The molecular weight excluding hydrogens is 250 g/mol. The average Bonchev–Trinajstić information content (AvgIpc) is 2.63. The lowest BCUT2D eigenvalue weighted by Crippen LogP contribution is -2.37. The fourth-order valence-corrected chi connectivity index (χ4v) is 1.42. The molecule has 3 N–H and O–H groups in total. The summed E-state index contributed by atoms with van der Waals surface area (Å²) in [6, 6.07) is 0. The van der Waals surface area contributed by atoms with Gasteiger partial charge < -0.3 is 10.8 Å². The average molecular weight is 262 g/mol. The summed E-state index contributed by atoms with van der Waals surface area (Å²) in [4.78, 5) is 26.1. The number of carbonyl (C=O) groups excluding carboxylic acids is 1. The van der Waals surface area contributed by atoms with Gasteiger partial charge in [-0.25, -0.2) is 4.98 Å². The molecule has 0 aliphatic heterocycles. The third-order valence-electron chi connectivity index (χ3n) is 2.06. The molecule has 0 aliphatic carbocycles. The van der Waals surface area contributed by atoms with Crippen LogP contribution < -0.4 is 5.73 Å². The molecule has 0 saturated carbocycles. The van der Waals surface area contributed by atoms with Crippen LogP contribution in [-0.4, -0.2) is 44.5 Å². The van der Waals surface area contributed by atoms with E-state index in [0.717, 1.165) is 11.1 Å². The summed E-state index contributed by atoms with van der Waals surface area (Å²) in [6.07, 6.45) is 2.24. The molecule has 0 bridgehead atoms. The van der Waals surface area contributed by atoms with Crippen molar-refractivity contribution in [3.63, 3.8) is 0 Å². The number of rotatable bonds is 7. The predicted octanol–water partition coefficient (Wildman–Crippen LogP) is -0.350. The quantitative estimate of drug-likeness (QED) is 0.699. The molecule has 0 aliphatic rings. The van der Waals surface area contributed by atoms with Crippen LogP contribution in [-0.2, 0) is 16.1 Å². The van der Waals surface area contributed by atoms with Crippen molar-refractivity contribution in [2.75, 3.05) is 13.1 Å². The van der Waals surface area contributed by atoms with Gasteiger partial charge in [-0.2, -0.15) is 8.78 Å². The number of imidazole rings is 1. The van der Waals surface area contributed by atoms with Crippen LogP contribution in [0, 0.1) is 0 Å². The predicted molar refractivity (Wildman–Crippen MR) is 55.6 cm³/mol. The molecule has 9 heteroatoms. The van der Waals surface area contributed by atoms with E-state index in [1.165, 1.54) is 6.20 Å². The maximum atomic E-state index is 12.5. The molecule has 0 radical (unpaired) electrons. The minimum atomic E-state index is -2.78. The zero-order valence-corrected chi connectivity index (χ0v) is 9.29. The van der Waals surface area contributed by atoms with Crippen molar-refractivity contribution in [3.8, 4) is 0 Å². The van der Waals surface area contributed by atoms with Gasteiger partial charge >= 0.3 is 12.5 Å². The number of carboxylic acid groups (broad SMARTS) is 1. The molecule has 1 rings (SSSR count). The van der Waals surface area contributed by atoms with E-state index < -0.39 is 25.0 Å². The Labute approximate surface area is 101 Å². The topological polar surface area (TPSA) is 101 Å². The number of amides is 1. The van der Waals surface area contributed by atoms with Crippen molar-refractivity contribution in [1.29, 1.82) is 0 Å². The second-order valence-corrected chi connectivity index (χ2v) is 3.53. The maximum Gasteiger partial charge on any atom is 0.319 e. The lowest BCUT2D eigenvalue weighted by molar-refractivity contribution is -0.138. The van der Waals surface area contributed by atoms with Crippen LogP contribution in [0.25, 0.3) is 0 Å². The molecular formula is C9H12F2N4O3. The number of hydrogen-bond donors (Lipinski definition) is 2. The van der Waals surface area contributed by atoms with Gasteiger partial charge in [0.05, 0.1) is 19.6 Å². The second-order valence-electron chi connectivity index (χ2n) is 3.53. The summed E-state index contributed by atoms with van der Waals surface area (Å²) >= 11 is 0. The van der Waals surface area contributed by atoms with E-state index in [1.54, 1.807) is 0 Å². The fraction of sp³-hybridized carbons (Fsp3) is 0.444. The SMILES string of the molecule is NC(=O)CN(CC(=O)O)Cc1nccn1C(F)F. The second kappa shape index (κ2) is 6.05. The van der Waals surface area contributed by atoms with Gasteiger partial charge in [0, 0.05) is 12.4 Å². The Hall–Kier alpha value is -2.03. The molecule has 1 heterocycles. The monoisotopic (exact) mass is 262 g/mol. The third-order valence-corrected chi connectivity index (χ3v) is 2.06. The first-order chi connectivity index (χ1) is 8.40. The Balaban J connectivity index is 2.78. The Bertz CT molecular complexity index is 419. The fourth-order valence-electron chi connectivity index (χ4n) is 1.42. The van der Waals surface area contributed by atoms with E-state index in [9.17, 15) is 18.4 Å². The van der Waals surface area contributed by atoms with Crippen LogP contribution in [0.15, 0.2) is 12.4 Å². The van der Waals surface area contributed by atoms with Gasteiger partial charge in [0.1, 0.15) is 5.82 Å². The first kappa shape index (κ1) is 14.0. The van der Waals surface area contributed by atoms with Gasteiger partial charge in [-0.15, -0.1) is 0 Å². The number of halogens is 2. The molecule has 0 spiro atoms. The van der Waals surface area contributed by atoms with Gasteiger partial charge in [0.15, 0.2) is 0 Å². The minimum absolute atomic E-state index is 0.0347. The van der Waals surface area contributed by atoms with Gasteiger partial charge in [0.2, 0.25) is 5.91 Å². The molecule has 100 valence electrons. The number of nitrogens with zero attached hydrogens (tertiary/aromatic N) is 3. The highest BCUT2D eigenvalue weighted by Crippen LogP contribution is 2.13. The number of carboxylic acids is 1. The summed E-state index contributed by atoms with van der Waals surface area (Å²) in [5.74, 6) is -1.97. The summed E-state index contributed by atoms with van der Waals surface area (Å²) in [6.45, 7) is -3.81. The molecule has 0 aromatic carbocycles. The number of carbonyl (C=O) groups is 2. The highest BCUT2D eigenvalue weighted by molar-refractivity contribution is 5.77. The number of hydrogen-bond acceptors (Lipinski definition) is 4. The Morgan fingerprint density at radius 2 is 2.17 bits per heavy atom. The first-order valence-electron chi connectivity index (χ1n) is 4.92. The zero-order chi connectivity index (χ0) is 13.7. The van der Waals surface area contributed by atoms with Gasteiger partial charge in [-0.1, -0.05) is 0 Å². The van der Waals surface area contributed by atoms with E-state index in [0.29, 0.717) is 4.57 Å². The molecule has 0 atom stereocenters. The van der Waals surface area contributed by atoms with Crippen molar-refractivity contribution in [2.45, 2.75) is 13.1 Å².